The van der Waals surface area contributed by atoms with E-state index in [4.69, 9.17) is 10.5 Å². The van der Waals surface area contributed by atoms with Crippen molar-refractivity contribution < 1.29 is 9.53 Å². The lowest BCUT2D eigenvalue weighted by Gasteiger charge is -2.30. The maximum atomic E-state index is 12.2. The number of rotatable bonds is 7. The lowest BCUT2D eigenvalue weighted by molar-refractivity contribution is -0.121. The molecule has 1 amide bonds. The second kappa shape index (κ2) is 7.61. The van der Waals surface area contributed by atoms with E-state index in [0.717, 1.165) is 42.8 Å². The minimum Gasteiger partial charge on any atom is -0.482 e. The third-order valence-electron chi connectivity index (χ3n) is 3.94. The Morgan fingerprint density at radius 2 is 2.18 bits per heavy atom. The quantitative estimate of drug-likeness (QED) is 0.838. The van der Waals surface area contributed by atoms with Crippen LogP contribution in [0.15, 0.2) is 18.2 Å². The third kappa shape index (κ3) is 3.99. The number of hydrogen-bond acceptors (Lipinski definition) is 4. The van der Waals surface area contributed by atoms with Crippen LogP contribution in [-0.4, -0.2) is 44.6 Å². The fraction of sp³-hybridized carbons (Fsp3) is 0.588. The van der Waals surface area contributed by atoms with Gasteiger partial charge in [0.15, 0.2) is 6.61 Å². The van der Waals surface area contributed by atoms with Crippen LogP contribution < -0.4 is 15.4 Å². The molecule has 0 aliphatic carbocycles. The zero-order valence-electron chi connectivity index (χ0n) is 13.8. The standard InChI is InChI=1S/C17H27N3O2/c1-4-6-14(18)13-7-8-16-15(11-13)20(17(21)12-22-16)10-5-9-19(2)3/h7-8,11,14H,4-6,9-10,12,18H2,1-3H3. The highest BCUT2D eigenvalue weighted by atomic mass is 16.5. The van der Waals surface area contributed by atoms with Crippen LogP contribution >= 0.6 is 0 Å². The average molecular weight is 305 g/mol. The number of benzene rings is 1. The van der Waals surface area contributed by atoms with Gasteiger partial charge in [0, 0.05) is 12.6 Å². The Labute approximate surface area is 133 Å². The molecular formula is C17H27N3O2. The molecule has 0 radical (unpaired) electrons. The summed E-state index contributed by atoms with van der Waals surface area (Å²) in [6.07, 6.45) is 2.91. The van der Waals surface area contributed by atoms with Gasteiger partial charge in [0.2, 0.25) is 0 Å². The van der Waals surface area contributed by atoms with Crippen LogP contribution in [0.1, 0.15) is 37.8 Å². The van der Waals surface area contributed by atoms with E-state index in [0.29, 0.717) is 6.54 Å². The fourth-order valence-electron chi connectivity index (χ4n) is 2.72. The van der Waals surface area contributed by atoms with Gasteiger partial charge in [-0.3, -0.25) is 4.79 Å². The van der Waals surface area contributed by atoms with Crippen molar-refractivity contribution >= 4 is 11.6 Å². The monoisotopic (exact) mass is 305 g/mol. The van der Waals surface area contributed by atoms with Gasteiger partial charge >= 0.3 is 0 Å². The average Bonchev–Trinajstić information content (AvgIpc) is 2.49. The molecule has 0 saturated carbocycles. The molecule has 1 heterocycles. The Morgan fingerprint density at radius 1 is 1.41 bits per heavy atom. The SMILES string of the molecule is CCCC(N)c1ccc2c(c1)N(CCCN(C)C)C(=O)CO2. The van der Waals surface area contributed by atoms with E-state index in [2.05, 4.69) is 11.8 Å². The van der Waals surface area contributed by atoms with Crippen LogP contribution in [0.4, 0.5) is 5.69 Å². The molecule has 1 aliphatic rings. The minimum atomic E-state index is 0.0101. The summed E-state index contributed by atoms with van der Waals surface area (Å²) >= 11 is 0. The van der Waals surface area contributed by atoms with Crippen molar-refractivity contribution in [1.82, 2.24) is 4.90 Å². The Balaban J connectivity index is 2.19. The molecule has 5 nitrogen and oxygen atoms in total. The molecule has 0 bridgehead atoms. The number of nitrogens with two attached hydrogens (primary N) is 1. The highest BCUT2D eigenvalue weighted by Gasteiger charge is 2.26. The van der Waals surface area contributed by atoms with Crippen LogP contribution in [0.3, 0.4) is 0 Å². The second-order valence-electron chi connectivity index (χ2n) is 6.11. The van der Waals surface area contributed by atoms with Crippen molar-refractivity contribution in [2.24, 2.45) is 5.73 Å². The summed E-state index contributed by atoms with van der Waals surface area (Å²) in [6.45, 7) is 3.91. The van der Waals surface area contributed by atoms with Gasteiger partial charge in [-0.05, 0) is 51.2 Å². The first kappa shape index (κ1) is 16.8. The first-order valence-corrected chi connectivity index (χ1v) is 8.00. The molecule has 1 atom stereocenters. The van der Waals surface area contributed by atoms with Gasteiger partial charge in [0.05, 0.1) is 5.69 Å². The molecular weight excluding hydrogens is 278 g/mol. The number of amides is 1. The zero-order valence-corrected chi connectivity index (χ0v) is 13.8. The highest BCUT2D eigenvalue weighted by molar-refractivity contribution is 5.97. The van der Waals surface area contributed by atoms with Gasteiger partial charge in [0.25, 0.3) is 5.91 Å². The predicted octanol–water partition coefficient (Wildman–Crippen LogP) is 2.16. The zero-order chi connectivity index (χ0) is 16.1. The number of hydrogen-bond donors (Lipinski definition) is 1. The van der Waals surface area contributed by atoms with Crippen molar-refractivity contribution in [3.05, 3.63) is 23.8 Å². The minimum absolute atomic E-state index is 0.0101. The second-order valence-corrected chi connectivity index (χ2v) is 6.11. The third-order valence-corrected chi connectivity index (χ3v) is 3.94. The number of fused-ring (bicyclic) bond motifs is 1. The number of anilines is 1. The van der Waals surface area contributed by atoms with Crippen LogP contribution in [0.2, 0.25) is 0 Å². The summed E-state index contributed by atoms with van der Waals surface area (Å²) in [5.41, 5.74) is 8.13. The Kier molecular flexibility index (Phi) is 5.80. The van der Waals surface area contributed by atoms with E-state index >= 15 is 0 Å². The van der Waals surface area contributed by atoms with Gasteiger partial charge in [-0.1, -0.05) is 19.4 Å². The molecule has 2 rings (SSSR count). The van der Waals surface area contributed by atoms with Crippen LogP contribution in [-0.2, 0) is 4.79 Å². The maximum absolute atomic E-state index is 12.2. The molecule has 0 fully saturated rings. The summed E-state index contributed by atoms with van der Waals surface area (Å²) in [7, 11) is 4.08. The van der Waals surface area contributed by atoms with Crippen LogP contribution in [0, 0.1) is 0 Å². The number of nitrogens with zero attached hydrogens (tertiary/aromatic N) is 2. The number of carbonyl (C=O) groups excluding carboxylic acids is 1. The molecule has 2 N–H and O–H groups in total. The van der Waals surface area contributed by atoms with Crippen molar-refractivity contribution in [3.63, 3.8) is 0 Å². The molecule has 0 saturated heterocycles. The van der Waals surface area contributed by atoms with E-state index in [-0.39, 0.29) is 18.6 Å². The van der Waals surface area contributed by atoms with Gasteiger partial charge < -0.3 is 20.3 Å². The molecule has 22 heavy (non-hydrogen) atoms. The highest BCUT2D eigenvalue weighted by Crippen LogP contribution is 2.34. The van der Waals surface area contributed by atoms with E-state index in [1.54, 1.807) is 0 Å². The maximum Gasteiger partial charge on any atom is 0.265 e. The molecule has 1 aliphatic heterocycles. The summed E-state index contributed by atoms with van der Waals surface area (Å²) in [5.74, 6) is 0.796. The summed E-state index contributed by atoms with van der Waals surface area (Å²) < 4.78 is 5.55. The number of carbonyl (C=O) groups is 1. The summed E-state index contributed by atoms with van der Waals surface area (Å²) in [4.78, 5) is 16.2. The van der Waals surface area contributed by atoms with Gasteiger partial charge in [-0.25, -0.2) is 0 Å². The van der Waals surface area contributed by atoms with E-state index in [1.165, 1.54) is 0 Å². The normalized spacial score (nSPS) is 15.7. The Bertz CT molecular complexity index is 517. The van der Waals surface area contributed by atoms with E-state index < -0.39 is 0 Å². The Hall–Kier alpha value is -1.59. The van der Waals surface area contributed by atoms with E-state index in [9.17, 15) is 4.79 Å². The van der Waals surface area contributed by atoms with Crippen LogP contribution in [0.5, 0.6) is 5.75 Å². The molecule has 122 valence electrons. The summed E-state index contributed by atoms with van der Waals surface area (Å²) in [6, 6.07) is 5.97. The lowest BCUT2D eigenvalue weighted by Crippen LogP contribution is -2.40. The fourth-order valence-corrected chi connectivity index (χ4v) is 2.72. The molecule has 1 aromatic rings. The van der Waals surface area contributed by atoms with Crippen LogP contribution in [0.25, 0.3) is 0 Å². The van der Waals surface area contributed by atoms with Crippen molar-refractivity contribution in [3.8, 4) is 5.75 Å². The molecule has 1 unspecified atom stereocenters. The first-order valence-electron chi connectivity index (χ1n) is 8.00. The Morgan fingerprint density at radius 3 is 2.86 bits per heavy atom. The van der Waals surface area contributed by atoms with E-state index in [1.807, 2.05) is 37.2 Å². The summed E-state index contributed by atoms with van der Waals surface area (Å²) in [5, 5.41) is 0. The van der Waals surface area contributed by atoms with Gasteiger partial charge in [0.1, 0.15) is 5.75 Å². The van der Waals surface area contributed by atoms with Crippen molar-refractivity contribution in [1.29, 1.82) is 0 Å². The largest absolute Gasteiger partial charge is 0.482 e. The molecule has 1 aromatic carbocycles. The van der Waals surface area contributed by atoms with Gasteiger partial charge in [-0.15, -0.1) is 0 Å². The molecule has 5 heteroatoms. The van der Waals surface area contributed by atoms with Gasteiger partial charge in [-0.2, -0.15) is 0 Å². The molecule has 0 aromatic heterocycles. The smallest absolute Gasteiger partial charge is 0.265 e. The topological polar surface area (TPSA) is 58.8 Å². The van der Waals surface area contributed by atoms with Crippen molar-refractivity contribution in [2.75, 3.05) is 38.7 Å². The van der Waals surface area contributed by atoms with Crippen molar-refractivity contribution in [2.45, 2.75) is 32.2 Å². The number of ether oxygens (including phenoxy) is 1. The lowest BCUT2D eigenvalue weighted by atomic mass is 10.0. The first-order chi connectivity index (χ1) is 10.5. The predicted molar refractivity (Wildman–Crippen MR) is 89.3 cm³/mol. The molecule has 0 spiro atoms.